The third kappa shape index (κ3) is 2.25. The van der Waals surface area contributed by atoms with Crippen molar-refractivity contribution in [3.8, 4) is 11.1 Å². The van der Waals surface area contributed by atoms with Crippen LogP contribution in [-0.4, -0.2) is 8.07 Å². The van der Waals surface area contributed by atoms with E-state index < -0.39 is 8.07 Å². The molecule has 0 fully saturated rings. The Morgan fingerprint density at radius 3 is 1.88 bits per heavy atom. The molecule has 1 heteroatoms. The molecule has 0 amide bonds. The van der Waals surface area contributed by atoms with Crippen molar-refractivity contribution in [3.05, 3.63) is 54.6 Å². The molecule has 0 aliphatic carbocycles. The summed E-state index contributed by atoms with van der Waals surface area (Å²) in [6.07, 6.45) is 0. The first-order chi connectivity index (χ1) is 7.59. The van der Waals surface area contributed by atoms with Gasteiger partial charge in [0.05, 0.1) is 8.07 Å². The minimum atomic E-state index is -1.26. The van der Waals surface area contributed by atoms with Gasteiger partial charge in [0, 0.05) is 0 Å². The van der Waals surface area contributed by atoms with Crippen molar-refractivity contribution in [1.29, 1.82) is 0 Å². The van der Waals surface area contributed by atoms with Crippen molar-refractivity contribution in [2.45, 2.75) is 19.6 Å². The summed E-state index contributed by atoms with van der Waals surface area (Å²) in [6.45, 7) is 7.19. The van der Waals surface area contributed by atoms with Crippen LogP contribution in [0.2, 0.25) is 19.6 Å². The van der Waals surface area contributed by atoms with Gasteiger partial charge in [-0.05, 0) is 11.1 Å². The van der Waals surface area contributed by atoms with Gasteiger partial charge in [0.2, 0.25) is 0 Å². The van der Waals surface area contributed by atoms with E-state index in [1.165, 1.54) is 11.1 Å². The minimum Gasteiger partial charge on any atom is -0.0656 e. The maximum atomic E-state index is 2.40. The number of benzene rings is 2. The highest BCUT2D eigenvalue weighted by atomic mass is 28.3. The summed E-state index contributed by atoms with van der Waals surface area (Å²) < 4.78 is 0. The summed E-state index contributed by atoms with van der Waals surface area (Å²) in [5.41, 5.74) is 2.74. The molecule has 0 aliphatic rings. The van der Waals surface area contributed by atoms with E-state index in [2.05, 4.69) is 74.2 Å². The fraction of sp³-hybridized carbons (Fsp3) is 0.200. The highest BCUT2D eigenvalue weighted by molar-refractivity contribution is 6.89. The van der Waals surface area contributed by atoms with Crippen LogP contribution in [0.3, 0.4) is 0 Å². The van der Waals surface area contributed by atoms with Gasteiger partial charge in [0.1, 0.15) is 0 Å². The summed E-state index contributed by atoms with van der Waals surface area (Å²) >= 11 is 0. The lowest BCUT2D eigenvalue weighted by Crippen LogP contribution is -2.38. The van der Waals surface area contributed by atoms with Gasteiger partial charge in [-0.25, -0.2) is 0 Å². The van der Waals surface area contributed by atoms with Crippen LogP contribution < -0.4 is 5.19 Å². The molecule has 2 aromatic carbocycles. The average molecular weight is 226 g/mol. The Morgan fingerprint density at radius 1 is 0.688 bits per heavy atom. The summed E-state index contributed by atoms with van der Waals surface area (Å²) in [4.78, 5) is 0. The highest BCUT2D eigenvalue weighted by Crippen LogP contribution is 2.19. The Balaban J connectivity index is 2.58. The van der Waals surface area contributed by atoms with Gasteiger partial charge >= 0.3 is 0 Å². The van der Waals surface area contributed by atoms with Crippen LogP contribution in [-0.2, 0) is 0 Å². The lowest BCUT2D eigenvalue weighted by Gasteiger charge is -2.21. The first-order valence-corrected chi connectivity index (χ1v) is 9.24. The predicted octanol–water partition coefficient (Wildman–Crippen LogP) is 3.90. The lowest BCUT2D eigenvalue weighted by molar-refractivity contribution is 1.62. The van der Waals surface area contributed by atoms with Gasteiger partial charge in [0.15, 0.2) is 0 Å². The molecule has 0 nitrogen and oxygen atoms in total. The van der Waals surface area contributed by atoms with E-state index in [1.54, 1.807) is 5.19 Å². The van der Waals surface area contributed by atoms with Crippen molar-refractivity contribution in [2.75, 3.05) is 0 Å². The number of hydrogen-bond acceptors (Lipinski definition) is 0. The van der Waals surface area contributed by atoms with E-state index in [4.69, 9.17) is 0 Å². The normalized spacial score (nSPS) is 11.4. The maximum Gasteiger partial charge on any atom is 0.0784 e. The fourth-order valence-electron chi connectivity index (χ4n) is 2.01. The largest absolute Gasteiger partial charge is 0.0784 e. The van der Waals surface area contributed by atoms with Crippen LogP contribution in [0.15, 0.2) is 54.6 Å². The Labute approximate surface area is 99.0 Å². The van der Waals surface area contributed by atoms with Gasteiger partial charge in [-0.1, -0.05) is 79.4 Å². The topological polar surface area (TPSA) is 0 Å². The van der Waals surface area contributed by atoms with Crippen molar-refractivity contribution in [3.63, 3.8) is 0 Å². The maximum absolute atomic E-state index is 2.40. The number of hydrogen-bond donors (Lipinski definition) is 0. The van der Waals surface area contributed by atoms with Crippen molar-refractivity contribution in [2.24, 2.45) is 0 Å². The summed E-state index contributed by atoms with van der Waals surface area (Å²) in [5, 5.41) is 1.54. The Kier molecular flexibility index (Phi) is 2.97. The molecule has 0 heterocycles. The molecule has 0 aromatic heterocycles. The Bertz CT molecular complexity index is 466. The van der Waals surface area contributed by atoms with Gasteiger partial charge in [-0.2, -0.15) is 0 Å². The quantitative estimate of drug-likeness (QED) is 0.681. The fourth-order valence-corrected chi connectivity index (χ4v) is 3.64. The summed E-state index contributed by atoms with van der Waals surface area (Å²) in [6, 6.07) is 19.5. The van der Waals surface area contributed by atoms with E-state index in [-0.39, 0.29) is 0 Å². The average Bonchev–Trinajstić information content (AvgIpc) is 2.29. The van der Waals surface area contributed by atoms with Crippen LogP contribution in [0.1, 0.15) is 0 Å². The van der Waals surface area contributed by atoms with Crippen LogP contribution in [0.4, 0.5) is 0 Å². The molecule has 82 valence electrons. The van der Waals surface area contributed by atoms with Crippen LogP contribution >= 0.6 is 0 Å². The zero-order valence-electron chi connectivity index (χ0n) is 10.2. The second-order valence-corrected chi connectivity index (χ2v) is 10.2. The van der Waals surface area contributed by atoms with Crippen molar-refractivity contribution < 1.29 is 0 Å². The van der Waals surface area contributed by atoms with E-state index in [1.807, 2.05) is 0 Å². The first kappa shape index (κ1) is 11.2. The number of rotatable bonds is 2. The standard InChI is InChI=1S/C15H18Si/c1-16(2,3)15-12-8-7-11-14(15)13-9-5-4-6-10-13/h4-12H,1-3H3. The molecule has 0 saturated heterocycles. The SMILES string of the molecule is C[Si](C)(C)c1ccccc1-c1ccccc1. The molecule has 16 heavy (non-hydrogen) atoms. The van der Waals surface area contributed by atoms with Crippen molar-refractivity contribution in [1.82, 2.24) is 0 Å². The molecule has 0 spiro atoms. The minimum absolute atomic E-state index is 1.26. The third-order valence-electron chi connectivity index (χ3n) is 2.82. The molecular formula is C15H18Si. The van der Waals surface area contributed by atoms with Gasteiger partial charge in [0.25, 0.3) is 0 Å². The predicted molar refractivity (Wildman–Crippen MR) is 74.9 cm³/mol. The Morgan fingerprint density at radius 2 is 1.25 bits per heavy atom. The third-order valence-corrected chi connectivity index (χ3v) is 4.87. The van der Waals surface area contributed by atoms with Gasteiger partial charge in [-0.15, -0.1) is 0 Å². The molecular weight excluding hydrogens is 208 g/mol. The van der Waals surface area contributed by atoms with Crippen LogP contribution in [0.25, 0.3) is 11.1 Å². The molecule has 2 rings (SSSR count). The molecule has 0 unspecified atom stereocenters. The van der Waals surface area contributed by atoms with E-state index >= 15 is 0 Å². The molecule has 0 saturated carbocycles. The second-order valence-electron chi connectivity index (χ2n) is 5.16. The molecule has 0 radical (unpaired) electrons. The molecule has 0 N–H and O–H groups in total. The zero-order valence-corrected chi connectivity index (χ0v) is 11.2. The molecule has 0 atom stereocenters. The van der Waals surface area contributed by atoms with E-state index in [9.17, 15) is 0 Å². The smallest absolute Gasteiger partial charge is 0.0656 e. The molecule has 2 aromatic rings. The summed E-state index contributed by atoms with van der Waals surface area (Å²) in [7, 11) is -1.26. The van der Waals surface area contributed by atoms with E-state index in [0.717, 1.165) is 0 Å². The molecule has 0 aliphatic heterocycles. The van der Waals surface area contributed by atoms with Gasteiger partial charge < -0.3 is 0 Å². The van der Waals surface area contributed by atoms with Gasteiger partial charge in [-0.3, -0.25) is 0 Å². The summed E-state index contributed by atoms with van der Waals surface area (Å²) in [5.74, 6) is 0. The zero-order chi connectivity index (χ0) is 11.6. The highest BCUT2D eigenvalue weighted by Gasteiger charge is 2.19. The van der Waals surface area contributed by atoms with Crippen LogP contribution in [0.5, 0.6) is 0 Å². The monoisotopic (exact) mass is 226 g/mol. The molecule has 0 bridgehead atoms. The lowest BCUT2D eigenvalue weighted by atomic mass is 10.1. The van der Waals surface area contributed by atoms with Crippen LogP contribution in [0, 0.1) is 0 Å². The van der Waals surface area contributed by atoms with Crippen molar-refractivity contribution >= 4 is 13.3 Å². The second kappa shape index (κ2) is 4.26. The first-order valence-electron chi connectivity index (χ1n) is 5.74. The van der Waals surface area contributed by atoms with E-state index in [0.29, 0.717) is 0 Å². The Hall–Kier alpha value is -1.34.